The molecule has 1 atom stereocenters. The molecule has 0 amide bonds. The molecule has 0 saturated heterocycles. The quantitative estimate of drug-likeness (QED) is 0.447. The molecule has 0 aliphatic rings. The Kier molecular flexibility index (Phi) is 7.52. The van der Waals surface area contributed by atoms with Crippen LogP contribution in [0, 0.1) is 0 Å². The van der Waals surface area contributed by atoms with Crippen molar-refractivity contribution in [3.8, 4) is 0 Å². The highest BCUT2D eigenvalue weighted by atomic mass is 16.5. The lowest BCUT2D eigenvalue weighted by Crippen LogP contribution is -2.27. The molecule has 0 aliphatic carbocycles. The lowest BCUT2D eigenvalue weighted by Gasteiger charge is -2.12. The molecule has 0 rings (SSSR count). The molecule has 0 aromatic rings. The minimum absolute atomic E-state index is 0.409. The molecule has 66 valence electrons. The van der Waals surface area contributed by atoms with E-state index in [9.17, 15) is 0 Å². The molecule has 0 saturated carbocycles. The Labute approximate surface area is 69.6 Å². The normalized spacial score (nSPS) is 12.9. The van der Waals surface area contributed by atoms with Crippen molar-refractivity contribution in [3.63, 3.8) is 0 Å². The molecule has 0 bridgehead atoms. The average Bonchev–Trinajstić information content (AvgIpc) is 2.03. The van der Waals surface area contributed by atoms with Gasteiger partial charge in [0.15, 0.2) is 0 Å². The Balaban J connectivity index is 3.28. The van der Waals surface area contributed by atoms with Crippen molar-refractivity contribution < 1.29 is 4.74 Å². The van der Waals surface area contributed by atoms with Crippen molar-refractivity contribution in [3.05, 3.63) is 12.7 Å². The maximum absolute atomic E-state index is 5.22. The molecule has 1 N–H and O–H groups in total. The zero-order chi connectivity index (χ0) is 8.53. The minimum Gasteiger partial charge on any atom is -0.382 e. The zero-order valence-corrected chi connectivity index (χ0v) is 7.60. The lowest BCUT2D eigenvalue weighted by molar-refractivity contribution is 0.140. The first-order valence-corrected chi connectivity index (χ1v) is 4.28. The van der Waals surface area contributed by atoms with Gasteiger partial charge in [-0.05, 0) is 19.9 Å². The topological polar surface area (TPSA) is 21.3 Å². The number of hydrogen-bond donors (Lipinski definition) is 1. The smallest absolute Gasteiger partial charge is 0.0483 e. The van der Waals surface area contributed by atoms with Crippen LogP contribution in [0.15, 0.2) is 12.7 Å². The van der Waals surface area contributed by atoms with Crippen molar-refractivity contribution in [1.29, 1.82) is 0 Å². The SMILES string of the molecule is C=CC(CCOCC)NCC. The molecule has 0 spiro atoms. The molecule has 0 heterocycles. The Morgan fingerprint density at radius 3 is 2.73 bits per heavy atom. The van der Waals surface area contributed by atoms with Crippen LogP contribution in [0.3, 0.4) is 0 Å². The molecule has 2 heteroatoms. The standard InChI is InChI=1S/C9H19NO/c1-4-9(10-5-2)7-8-11-6-3/h4,9-10H,1,5-8H2,2-3H3. The van der Waals surface area contributed by atoms with Crippen LogP contribution in [-0.2, 0) is 4.74 Å². The van der Waals surface area contributed by atoms with Gasteiger partial charge in [-0.3, -0.25) is 0 Å². The first-order chi connectivity index (χ1) is 5.35. The monoisotopic (exact) mass is 157 g/mol. The van der Waals surface area contributed by atoms with E-state index in [1.54, 1.807) is 0 Å². The van der Waals surface area contributed by atoms with Crippen molar-refractivity contribution in [2.45, 2.75) is 26.3 Å². The van der Waals surface area contributed by atoms with Gasteiger partial charge in [-0.25, -0.2) is 0 Å². The Hall–Kier alpha value is -0.340. The van der Waals surface area contributed by atoms with Crippen LogP contribution >= 0.6 is 0 Å². The predicted octanol–water partition coefficient (Wildman–Crippen LogP) is 1.58. The molecule has 11 heavy (non-hydrogen) atoms. The molecule has 0 aromatic carbocycles. The summed E-state index contributed by atoms with van der Waals surface area (Å²) in [5.74, 6) is 0. The summed E-state index contributed by atoms with van der Waals surface area (Å²) in [4.78, 5) is 0. The number of likely N-dealkylation sites (N-methyl/N-ethyl adjacent to an activating group) is 1. The second kappa shape index (κ2) is 7.76. The van der Waals surface area contributed by atoms with Crippen LogP contribution in [0.25, 0.3) is 0 Å². The predicted molar refractivity (Wildman–Crippen MR) is 48.8 cm³/mol. The Morgan fingerprint density at radius 1 is 1.55 bits per heavy atom. The van der Waals surface area contributed by atoms with Gasteiger partial charge in [0, 0.05) is 19.3 Å². The van der Waals surface area contributed by atoms with E-state index in [0.29, 0.717) is 6.04 Å². The molecular formula is C9H19NO. The third-order valence-corrected chi connectivity index (χ3v) is 1.53. The van der Waals surface area contributed by atoms with Crippen LogP contribution < -0.4 is 5.32 Å². The van der Waals surface area contributed by atoms with Gasteiger partial charge in [-0.1, -0.05) is 13.0 Å². The Bertz CT molecular complexity index is 93.6. The minimum atomic E-state index is 0.409. The van der Waals surface area contributed by atoms with Crippen molar-refractivity contribution >= 4 is 0 Å². The van der Waals surface area contributed by atoms with E-state index in [0.717, 1.165) is 26.2 Å². The van der Waals surface area contributed by atoms with Crippen LogP contribution in [0.5, 0.6) is 0 Å². The van der Waals surface area contributed by atoms with Gasteiger partial charge in [-0.15, -0.1) is 6.58 Å². The van der Waals surface area contributed by atoms with Crippen LogP contribution in [-0.4, -0.2) is 25.8 Å². The second-order valence-electron chi connectivity index (χ2n) is 2.39. The van der Waals surface area contributed by atoms with E-state index < -0.39 is 0 Å². The second-order valence-corrected chi connectivity index (χ2v) is 2.39. The number of hydrogen-bond acceptors (Lipinski definition) is 2. The Morgan fingerprint density at radius 2 is 2.27 bits per heavy atom. The molecule has 0 aromatic heterocycles. The largest absolute Gasteiger partial charge is 0.382 e. The lowest BCUT2D eigenvalue weighted by atomic mass is 10.2. The highest BCUT2D eigenvalue weighted by Gasteiger charge is 1.99. The van der Waals surface area contributed by atoms with E-state index >= 15 is 0 Å². The molecule has 2 nitrogen and oxygen atoms in total. The third-order valence-electron chi connectivity index (χ3n) is 1.53. The highest BCUT2D eigenvalue weighted by molar-refractivity contribution is 4.84. The fourth-order valence-electron chi connectivity index (χ4n) is 0.920. The molecule has 0 fully saturated rings. The highest BCUT2D eigenvalue weighted by Crippen LogP contribution is 1.93. The summed E-state index contributed by atoms with van der Waals surface area (Å²) in [7, 11) is 0. The van der Waals surface area contributed by atoms with E-state index in [1.807, 2.05) is 13.0 Å². The van der Waals surface area contributed by atoms with Gasteiger partial charge >= 0.3 is 0 Å². The van der Waals surface area contributed by atoms with Crippen LogP contribution in [0.4, 0.5) is 0 Å². The average molecular weight is 157 g/mol. The summed E-state index contributed by atoms with van der Waals surface area (Å²) in [6, 6.07) is 0.409. The van der Waals surface area contributed by atoms with Gasteiger partial charge in [0.05, 0.1) is 0 Å². The molecule has 1 unspecified atom stereocenters. The summed E-state index contributed by atoms with van der Waals surface area (Å²) in [6.07, 6.45) is 2.95. The first kappa shape index (κ1) is 10.7. The van der Waals surface area contributed by atoms with E-state index in [4.69, 9.17) is 4.74 Å². The summed E-state index contributed by atoms with van der Waals surface area (Å²) >= 11 is 0. The molecule has 0 radical (unpaired) electrons. The van der Waals surface area contributed by atoms with Crippen molar-refractivity contribution in [2.75, 3.05) is 19.8 Å². The van der Waals surface area contributed by atoms with E-state index in [1.165, 1.54) is 0 Å². The summed E-state index contributed by atoms with van der Waals surface area (Å²) in [5.41, 5.74) is 0. The van der Waals surface area contributed by atoms with Gasteiger partial charge < -0.3 is 10.1 Å². The summed E-state index contributed by atoms with van der Waals surface area (Å²) in [5, 5.41) is 3.29. The fraction of sp³-hybridized carbons (Fsp3) is 0.778. The van der Waals surface area contributed by atoms with E-state index in [-0.39, 0.29) is 0 Å². The van der Waals surface area contributed by atoms with Crippen molar-refractivity contribution in [1.82, 2.24) is 5.32 Å². The van der Waals surface area contributed by atoms with Crippen molar-refractivity contribution in [2.24, 2.45) is 0 Å². The fourth-order valence-corrected chi connectivity index (χ4v) is 0.920. The summed E-state index contributed by atoms with van der Waals surface area (Å²) in [6.45, 7) is 10.5. The van der Waals surface area contributed by atoms with Gasteiger partial charge in [-0.2, -0.15) is 0 Å². The molecule has 0 aliphatic heterocycles. The molecular weight excluding hydrogens is 138 g/mol. The number of rotatable bonds is 7. The summed E-state index contributed by atoms with van der Waals surface area (Å²) < 4.78 is 5.22. The van der Waals surface area contributed by atoms with Crippen LogP contribution in [0.2, 0.25) is 0 Å². The number of nitrogens with one attached hydrogen (secondary N) is 1. The maximum atomic E-state index is 5.22. The van der Waals surface area contributed by atoms with Gasteiger partial charge in [0.25, 0.3) is 0 Å². The zero-order valence-electron chi connectivity index (χ0n) is 7.60. The third kappa shape index (κ3) is 6.07. The van der Waals surface area contributed by atoms with Gasteiger partial charge in [0.2, 0.25) is 0 Å². The first-order valence-electron chi connectivity index (χ1n) is 4.28. The number of ether oxygens (including phenoxy) is 1. The maximum Gasteiger partial charge on any atom is 0.0483 e. The van der Waals surface area contributed by atoms with Crippen LogP contribution in [0.1, 0.15) is 20.3 Å². The van der Waals surface area contributed by atoms with E-state index in [2.05, 4.69) is 18.8 Å². The van der Waals surface area contributed by atoms with Gasteiger partial charge in [0.1, 0.15) is 0 Å².